The van der Waals surface area contributed by atoms with Gasteiger partial charge in [0.2, 0.25) is 12.3 Å². The molecule has 0 saturated carbocycles. The third-order valence-electron chi connectivity index (χ3n) is 3.77. The van der Waals surface area contributed by atoms with Crippen LogP contribution in [0.1, 0.15) is 0 Å². The Balaban J connectivity index is 1.78. The SMILES string of the molecule is O=[N+]([O-])c1c(NCCO)cc(Nc2ccc3c(c2)OCO3)c2nonc12. The first-order valence-corrected chi connectivity index (χ1v) is 7.62. The Morgan fingerprint density at radius 2 is 1.96 bits per heavy atom. The smallest absolute Gasteiger partial charge is 0.323 e. The van der Waals surface area contributed by atoms with Crippen LogP contribution in [0.4, 0.5) is 22.7 Å². The lowest BCUT2D eigenvalue weighted by Crippen LogP contribution is -2.08. The van der Waals surface area contributed by atoms with Crippen LogP contribution in [-0.2, 0) is 0 Å². The monoisotopic (exact) mass is 359 g/mol. The molecule has 2 heterocycles. The van der Waals surface area contributed by atoms with Gasteiger partial charge in [0.25, 0.3) is 0 Å². The minimum Gasteiger partial charge on any atom is -0.454 e. The normalized spacial score (nSPS) is 12.3. The average Bonchev–Trinajstić information content (AvgIpc) is 3.28. The summed E-state index contributed by atoms with van der Waals surface area (Å²) in [6.07, 6.45) is 0. The summed E-state index contributed by atoms with van der Waals surface area (Å²) in [5, 5.41) is 33.8. The highest BCUT2D eigenvalue weighted by atomic mass is 16.7. The molecule has 26 heavy (non-hydrogen) atoms. The molecule has 3 N–H and O–H groups in total. The molecule has 11 nitrogen and oxygen atoms in total. The molecule has 0 unspecified atom stereocenters. The van der Waals surface area contributed by atoms with Crippen molar-refractivity contribution < 1.29 is 24.1 Å². The summed E-state index contributed by atoms with van der Waals surface area (Å²) >= 11 is 0. The Morgan fingerprint density at radius 3 is 2.77 bits per heavy atom. The second-order valence-electron chi connectivity index (χ2n) is 5.38. The molecule has 0 aliphatic carbocycles. The number of hydrogen-bond donors (Lipinski definition) is 3. The van der Waals surface area contributed by atoms with Gasteiger partial charge in [0.1, 0.15) is 5.69 Å². The van der Waals surface area contributed by atoms with E-state index in [1.807, 2.05) is 0 Å². The van der Waals surface area contributed by atoms with E-state index in [2.05, 4.69) is 20.9 Å². The molecule has 1 aliphatic rings. The van der Waals surface area contributed by atoms with Gasteiger partial charge in [-0.3, -0.25) is 10.1 Å². The Labute approximate surface area is 145 Å². The van der Waals surface area contributed by atoms with Crippen molar-refractivity contribution in [2.45, 2.75) is 0 Å². The van der Waals surface area contributed by atoms with Crippen LogP contribution in [0.5, 0.6) is 11.5 Å². The van der Waals surface area contributed by atoms with Gasteiger partial charge in [-0.1, -0.05) is 0 Å². The molecule has 0 atom stereocenters. The van der Waals surface area contributed by atoms with Crippen LogP contribution in [0.15, 0.2) is 28.9 Å². The lowest BCUT2D eigenvalue weighted by molar-refractivity contribution is -0.382. The van der Waals surface area contributed by atoms with Gasteiger partial charge in [-0.25, -0.2) is 4.63 Å². The molecule has 0 bridgehead atoms. The van der Waals surface area contributed by atoms with Crippen molar-refractivity contribution in [1.82, 2.24) is 10.3 Å². The van der Waals surface area contributed by atoms with Gasteiger partial charge < -0.3 is 25.2 Å². The number of ether oxygens (including phenoxy) is 2. The quantitative estimate of drug-likeness (QED) is 0.441. The predicted octanol–water partition coefficient (Wildman–Crippen LogP) is 2.01. The van der Waals surface area contributed by atoms with E-state index in [0.717, 1.165) is 0 Å². The Hall–Kier alpha value is -3.60. The number of nitro groups is 1. The molecule has 3 aromatic rings. The number of nitrogens with one attached hydrogen (secondary N) is 2. The van der Waals surface area contributed by atoms with Crippen molar-refractivity contribution in [2.24, 2.45) is 0 Å². The Morgan fingerprint density at radius 1 is 1.15 bits per heavy atom. The van der Waals surface area contributed by atoms with Gasteiger partial charge in [0, 0.05) is 18.3 Å². The molecule has 0 amide bonds. The largest absolute Gasteiger partial charge is 0.454 e. The molecule has 11 heteroatoms. The number of benzene rings is 2. The van der Waals surface area contributed by atoms with Gasteiger partial charge in [-0.2, -0.15) is 0 Å². The molecule has 2 aromatic carbocycles. The molecular weight excluding hydrogens is 346 g/mol. The van der Waals surface area contributed by atoms with Gasteiger partial charge in [0.15, 0.2) is 17.0 Å². The maximum absolute atomic E-state index is 11.4. The van der Waals surface area contributed by atoms with Crippen molar-refractivity contribution >= 4 is 33.8 Å². The fourth-order valence-corrected chi connectivity index (χ4v) is 2.66. The van der Waals surface area contributed by atoms with E-state index in [0.29, 0.717) is 22.9 Å². The van der Waals surface area contributed by atoms with E-state index in [-0.39, 0.29) is 42.4 Å². The average molecular weight is 359 g/mol. The van der Waals surface area contributed by atoms with E-state index < -0.39 is 4.92 Å². The fourth-order valence-electron chi connectivity index (χ4n) is 2.66. The van der Waals surface area contributed by atoms with Crippen molar-refractivity contribution in [3.8, 4) is 11.5 Å². The summed E-state index contributed by atoms with van der Waals surface area (Å²) < 4.78 is 15.3. The summed E-state index contributed by atoms with van der Waals surface area (Å²) in [5.41, 5.74) is 1.25. The summed E-state index contributed by atoms with van der Waals surface area (Å²) in [7, 11) is 0. The summed E-state index contributed by atoms with van der Waals surface area (Å²) in [4.78, 5) is 10.9. The van der Waals surface area contributed by atoms with Gasteiger partial charge in [0.05, 0.1) is 17.2 Å². The van der Waals surface area contributed by atoms with Crippen molar-refractivity contribution in [3.63, 3.8) is 0 Å². The fraction of sp³-hybridized carbons (Fsp3) is 0.200. The maximum atomic E-state index is 11.4. The standard InChI is InChI=1S/C15H13N5O6/c21-4-3-16-10-6-9(13-14(19-26-18-13)15(10)20(22)23)17-8-1-2-11-12(5-8)25-7-24-11/h1-2,5-6,16-17,21H,3-4,7H2. The van der Waals surface area contributed by atoms with E-state index in [4.69, 9.17) is 19.2 Å². The highest BCUT2D eigenvalue weighted by Gasteiger charge is 2.26. The van der Waals surface area contributed by atoms with Gasteiger partial charge in [-0.15, -0.1) is 0 Å². The van der Waals surface area contributed by atoms with Gasteiger partial charge >= 0.3 is 5.69 Å². The number of nitrogens with zero attached hydrogens (tertiary/aromatic N) is 3. The second kappa shape index (κ2) is 6.37. The summed E-state index contributed by atoms with van der Waals surface area (Å²) in [6.45, 7) is 0.112. The molecule has 0 radical (unpaired) electrons. The van der Waals surface area contributed by atoms with Crippen molar-refractivity contribution in [1.29, 1.82) is 0 Å². The van der Waals surface area contributed by atoms with Crippen LogP contribution in [0.25, 0.3) is 11.0 Å². The minimum atomic E-state index is -0.573. The molecular formula is C15H13N5O6. The van der Waals surface area contributed by atoms with Crippen LogP contribution < -0.4 is 20.1 Å². The lowest BCUT2D eigenvalue weighted by atomic mass is 10.1. The topological polar surface area (TPSA) is 145 Å². The molecule has 1 aromatic heterocycles. The zero-order valence-electron chi connectivity index (χ0n) is 13.3. The number of nitro benzene ring substituents is 1. The van der Waals surface area contributed by atoms with Crippen molar-refractivity contribution in [2.75, 3.05) is 30.6 Å². The number of aliphatic hydroxyl groups is 1. The number of rotatable bonds is 6. The first kappa shape index (κ1) is 15.9. The number of anilines is 3. The van der Waals surface area contributed by atoms with Crippen LogP contribution >= 0.6 is 0 Å². The van der Waals surface area contributed by atoms with E-state index in [9.17, 15) is 10.1 Å². The molecule has 0 spiro atoms. The van der Waals surface area contributed by atoms with Crippen molar-refractivity contribution in [3.05, 3.63) is 34.4 Å². The molecule has 0 saturated heterocycles. The van der Waals surface area contributed by atoms with E-state index >= 15 is 0 Å². The first-order chi connectivity index (χ1) is 12.7. The third kappa shape index (κ3) is 2.69. The molecule has 134 valence electrons. The Kier molecular flexibility index (Phi) is 3.89. The number of aliphatic hydroxyl groups excluding tert-OH is 1. The zero-order chi connectivity index (χ0) is 18.1. The lowest BCUT2D eigenvalue weighted by Gasteiger charge is -2.11. The number of aromatic nitrogens is 2. The minimum absolute atomic E-state index is 0.00110. The van der Waals surface area contributed by atoms with Crippen LogP contribution in [-0.4, -0.2) is 40.3 Å². The molecule has 0 fully saturated rings. The van der Waals surface area contributed by atoms with Gasteiger partial charge in [-0.05, 0) is 28.5 Å². The predicted molar refractivity (Wildman–Crippen MR) is 89.9 cm³/mol. The van der Waals surface area contributed by atoms with E-state index in [1.54, 1.807) is 18.2 Å². The van der Waals surface area contributed by atoms with Crippen LogP contribution in [0.2, 0.25) is 0 Å². The highest BCUT2D eigenvalue weighted by molar-refractivity contribution is 6.00. The van der Waals surface area contributed by atoms with Crippen LogP contribution in [0.3, 0.4) is 0 Å². The highest BCUT2D eigenvalue weighted by Crippen LogP contribution is 2.39. The van der Waals surface area contributed by atoms with E-state index in [1.165, 1.54) is 6.07 Å². The maximum Gasteiger partial charge on any atom is 0.323 e. The zero-order valence-corrected chi connectivity index (χ0v) is 13.3. The first-order valence-electron chi connectivity index (χ1n) is 7.62. The second-order valence-corrected chi connectivity index (χ2v) is 5.38. The number of fused-ring (bicyclic) bond motifs is 2. The summed E-state index contributed by atoms with van der Waals surface area (Å²) in [6, 6.07) is 6.78. The summed E-state index contributed by atoms with van der Waals surface area (Å²) in [5.74, 6) is 1.22. The molecule has 1 aliphatic heterocycles. The van der Waals surface area contributed by atoms with Crippen LogP contribution in [0, 0.1) is 10.1 Å². The third-order valence-corrected chi connectivity index (χ3v) is 3.77. The Bertz CT molecular complexity index is 988. The molecule has 4 rings (SSSR count). The number of hydrogen-bond acceptors (Lipinski definition) is 10.